The van der Waals surface area contributed by atoms with E-state index in [1.54, 1.807) is 19.2 Å². The maximum absolute atomic E-state index is 10.2. The van der Waals surface area contributed by atoms with Crippen LogP contribution in [-0.2, 0) is 6.54 Å². The van der Waals surface area contributed by atoms with Crippen molar-refractivity contribution in [3.63, 3.8) is 0 Å². The van der Waals surface area contributed by atoms with Crippen molar-refractivity contribution in [3.05, 3.63) is 23.8 Å². The smallest absolute Gasteiger partial charge is 0.120 e. The summed E-state index contributed by atoms with van der Waals surface area (Å²) in [7, 11) is 3.84. The molecule has 2 aliphatic heterocycles. The van der Waals surface area contributed by atoms with Crippen LogP contribution in [0.2, 0.25) is 0 Å². The summed E-state index contributed by atoms with van der Waals surface area (Å²) in [5.74, 6) is 1.09. The van der Waals surface area contributed by atoms with Crippen molar-refractivity contribution < 1.29 is 14.9 Å². The van der Waals surface area contributed by atoms with E-state index >= 15 is 0 Å². The number of likely N-dealkylation sites (tertiary alicyclic amines) is 1. The molecule has 2 saturated heterocycles. The van der Waals surface area contributed by atoms with E-state index in [1.165, 1.54) is 12.8 Å². The maximum Gasteiger partial charge on any atom is 0.120 e. The van der Waals surface area contributed by atoms with E-state index in [-0.39, 0.29) is 6.61 Å². The number of phenolic OH excluding ortho intramolecular Hbond substituents is 1. The van der Waals surface area contributed by atoms with E-state index in [0.29, 0.717) is 24.4 Å². The number of benzene rings is 1. The predicted octanol–water partition coefficient (Wildman–Crippen LogP) is 1.36. The fraction of sp³-hybridized carbons (Fsp3) is 0.700. The van der Waals surface area contributed by atoms with Gasteiger partial charge in [0.05, 0.1) is 7.11 Å². The summed E-state index contributed by atoms with van der Waals surface area (Å²) in [5.41, 5.74) is 0.903. The second kappa shape index (κ2) is 9.04. The number of phenols is 1. The van der Waals surface area contributed by atoms with Gasteiger partial charge in [-0.3, -0.25) is 9.80 Å². The Morgan fingerprint density at radius 1 is 1.15 bits per heavy atom. The number of aromatic hydroxyl groups is 1. The first-order valence-electron chi connectivity index (χ1n) is 9.74. The summed E-state index contributed by atoms with van der Waals surface area (Å²) in [4.78, 5) is 7.42. The highest BCUT2D eigenvalue weighted by Crippen LogP contribution is 2.27. The molecule has 1 atom stereocenters. The van der Waals surface area contributed by atoms with Crippen LogP contribution in [0, 0.1) is 0 Å². The van der Waals surface area contributed by atoms with E-state index in [0.717, 1.165) is 50.5 Å². The Morgan fingerprint density at radius 2 is 1.92 bits per heavy atom. The first-order valence-corrected chi connectivity index (χ1v) is 9.74. The van der Waals surface area contributed by atoms with Gasteiger partial charge in [0.1, 0.15) is 11.5 Å². The van der Waals surface area contributed by atoms with Crippen molar-refractivity contribution in [2.75, 3.05) is 53.5 Å². The molecule has 0 amide bonds. The van der Waals surface area contributed by atoms with E-state index in [9.17, 15) is 10.2 Å². The number of methoxy groups -OCH3 is 1. The number of hydrogen-bond donors (Lipinski definition) is 2. The van der Waals surface area contributed by atoms with Crippen molar-refractivity contribution in [1.29, 1.82) is 0 Å². The molecule has 1 aromatic carbocycles. The number of piperidine rings is 1. The standard InChI is InChI=1S/C20H33N3O3/c1-21-8-5-17(6-9-21)23-11-10-22(15-18(23)7-12-24)14-16-13-19(26-2)3-4-20(16)25/h3-4,13,17-18,24-25H,5-12,14-15H2,1-2H3/t18-/m1/s1. The predicted molar refractivity (Wildman–Crippen MR) is 103 cm³/mol. The first kappa shape index (κ1) is 19.4. The van der Waals surface area contributed by atoms with Crippen molar-refractivity contribution in [2.24, 2.45) is 0 Å². The van der Waals surface area contributed by atoms with Gasteiger partial charge < -0.3 is 19.8 Å². The number of piperazine rings is 1. The monoisotopic (exact) mass is 363 g/mol. The highest BCUT2D eigenvalue weighted by molar-refractivity contribution is 5.39. The molecular formula is C20H33N3O3. The van der Waals surface area contributed by atoms with Crippen LogP contribution in [0.1, 0.15) is 24.8 Å². The molecule has 0 saturated carbocycles. The fourth-order valence-corrected chi connectivity index (χ4v) is 4.35. The van der Waals surface area contributed by atoms with Gasteiger partial charge in [0.25, 0.3) is 0 Å². The third-order valence-electron chi connectivity index (χ3n) is 5.91. The summed E-state index contributed by atoms with van der Waals surface area (Å²) >= 11 is 0. The second-order valence-corrected chi connectivity index (χ2v) is 7.67. The SMILES string of the molecule is COc1ccc(O)c(CN2CCN(C3CCN(C)CC3)[C@H](CCO)C2)c1. The van der Waals surface area contributed by atoms with Crippen LogP contribution in [0.4, 0.5) is 0 Å². The van der Waals surface area contributed by atoms with Gasteiger partial charge in [-0.15, -0.1) is 0 Å². The molecule has 146 valence electrons. The zero-order valence-electron chi connectivity index (χ0n) is 16.1. The molecule has 0 unspecified atom stereocenters. The molecule has 2 N–H and O–H groups in total. The van der Waals surface area contributed by atoms with Gasteiger partial charge in [-0.05, 0) is 57.6 Å². The number of hydrogen-bond acceptors (Lipinski definition) is 6. The van der Waals surface area contributed by atoms with Crippen LogP contribution in [0.3, 0.4) is 0 Å². The lowest BCUT2D eigenvalue weighted by atomic mass is 9.98. The molecule has 2 aliphatic rings. The van der Waals surface area contributed by atoms with Gasteiger partial charge in [-0.1, -0.05) is 0 Å². The summed E-state index contributed by atoms with van der Waals surface area (Å²) in [6.07, 6.45) is 3.25. The summed E-state index contributed by atoms with van der Waals surface area (Å²) in [5, 5.41) is 19.7. The van der Waals surface area contributed by atoms with Gasteiger partial charge in [0.15, 0.2) is 0 Å². The lowest BCUT2D eigenvalue weighted by Gasteiger charge is -2.47. The number of ether oxygens (including phenoxy) is 1. The maximum atomic E-state index is 10.2. The molecule has 6 heteroatoms. The Balaban J connectivity index is 1.64. The van der Waals surface area contributed by atoms with Crippen molar-refractivity contribution in [2.45, 2.75) is 37.9 Å². The number of aliphatic hydroxyl groups excluding tert-OH is 1. The fourth-order valence-electron chi connectivity index (χ4n) is 4.35. The molecule has 6 nitrogen and oxygen atoms in total. The molecular weight excluding hydrogens is 330 g/mol. The molecule has 0 bridgehead atoms. The van der Waals surface area contributed by atoms with Crippen molar-refractivity contribution in [3.8, 4) is 11.5 Å². The molecule has 26 heavy (non-hydrogen) atoms. The van der Waals surface area contributed by atoms with Gasteiger partial charge >= 0.3 is 0 Å². The minimum Gasteiger partial charge on any atom is -0.508 e. The number of rotatable bonds is 6. The normalized spacial score (nSPS) is 24.0. The zero-order valence-corrected chi connectivity index (χ0v) is 16.1. The Bertz CT molecular complexity index is 575. The van der Waals surface area contributed by atoms with Gasteiger partial charge in [0.2, 0.25) is 0 Å². The van der Waals surface area contributed by atoms with Crippen LogP contribution in [0.5, 0.6) is 11.5 Å². The molecule has 0 aliphatic carbocycles. The number of aliphatic hydroxyl groups is 1. The lowest BCUT2D eigenvalue weighted by molar-refractivity contribution is 0.00580. The van der Waals surface area contributed by atoms with Crippen LogP contribution in [0.15, 0.2) is 18.2 Å². The summed E-state index contributed by atoms with van der Waals surface area (Å²) < 4.78 is 5.29. The minimum absolute atomic E-state index is 0.228. The third-order valence-corrected chi connectivity index (χ3v) is 5.91. The van der Waals surface area contributed by atoms with Crippen molar-refractivity contribution >= 4 is 0 Å². The Hall–Kier alpha value is -1.34. The molecule has 0 aromatic heterocycles. The van der Waals surface area contributed by atoms with Gasteiger partial charge in [-0.25, -0.2) is 0 Å². The van der Waals surface area contributed by atoms with E-state index in [1.807, 2.05) is 6.07 Å². The molecule has 3 rings (SSSR count). The van der Waals surface area contributed by atoms with Crippen LogP contribution in [0.25, 0.3) is 0 Å². The van der Waals surface area contributed by atoms with Crippen LogP contribution >= 0.6 is 0 Å². The topological polar surface area (TPSA) is 59.4 Å². The van der Waals surface area contributed by atoms with Crippen LogP contribution < -0.4 is 4.74 Å². The van der Waals surface area contributed by atoms with Gasteiger partial charge in [0, 0.05) is 50.4 Å². The second-order valence-electron chi connectivity index (χ2n) is 7.67. The zero-order chi connectivity index (χ0) is 18.5. The van der Waals surface area contributed by atoms with E-state index in [4.69, 9.17) is 4.74 Å². The Morgan fingerprint density at radius 3 is 2.62 bits per heavy atom. The highest BCUT2D eigenvalue weighted by Gasteiger charge is 2.33. The van der Waals surface area contributed by atoms with Crippen molar-refractivity contribution in [1.82, 2.24) is 14.7 Å². The average molecular weight is 364 g/mol. The molecule has 0 radical (unpaired) electrons. The van der Waals surface area contributed by atoms with E-state index in [2.05, 4.69) is 21.7 Å². The molecule has 2 heterocycles. The largest absolute Gasteiger partial charge is 0.508 e. The number of nitrogens with zero attached hydrogens (tertiary/aromatic N) is 3. The Kier molecular flexibility index (Phi) is 6.75. The summed E-state index contributed by atoms with van der Waals surface area (Å²) in [6, 6.07) is 6.42. The van der Waals surface area contributed by atoms with Crippen LogP contribution in [-0.4, -0.2) is 90.5 Å². The summed E-state index contributed by atoms with van der Waals surface area (Å²) in [6.45, 7) is 6.22. The van der Waals surface area contributed by atoms with Gasteiger partial charge in [-0.2, -0.15) is 0 Å². The molecule has 0 spiro atoms. The first-order chi connectivity index (χ1) is 12.6. The quantitative estimate of drug-likeness (QED) is 0.796. The van der Waals surface area contributed by atoms with E-state index < -0.39 is 0 Å². The molecule has 1 aromatic rings. The average Bonchev–Trinajstić information content (AvgIpc) is 2.65. The minimum atomic E-state index is 0.228. The Labute approximate surface area is 157 Å². The lowest BCUT2D eigenvalue weighted by Crippen LogP contribution is -2.58. The highest BCUT2D eigenvalue weighted by atomic mass is 16.5. The molecule has 2 fully saturated rings. The third kappa shape index (κ3) is 4.68.